The number of halogens is 1. The highest BCUT2D eigenvalue weighted by Crippen LogP contribution is 2.43. The molecule has 0 aliphatic rings. The van der Waals surface area contributed by atoms with Gasteiger partial charge in [-0.25, -0.2) is 4.98 Å². The van der Waals surface area contributed by atoms with Crippen LogP contribution in [0.1, 0.15) is 64.8 Å². The first kappa shape index (κ1) is 24.2. The van der Waals surface area contributed by atoms with Gasteiger partial charge in [0.2, 0.25) is 5.88 Å². The van der Waals surface area contributed by atoms with Crippen molar-refractivity contribution in [2.75, 3.05) is 18.2 Å². The maximum atomic E-state index is 10.3. The first-order chi connectivity index (χ1) is 14.1. The second-order valence-electron chi connectivity index (χ2n) is 7.91. The predicted molar refractivity (Wildman–Crippen MR) is 124 cm³/mol. The minimum absolute atomic E-state index is 0.256. The number of aliphatic hydroxyl groups is 1. The van der Waals surface area contributed by atoms with E-state index in [2.05, 4.69) is 45.1 Å². The zero-order chi connectivity index (χ0) is 22.5. The fraction of sp³-hybridized carbons (Fsp3) is 0.545. The van der Waals surface area contributed by atoms with E-state index in [0.717, 1.165) is 25.7 Å². The number of benzene rings is 1. The van der Waals surface area contributed by atoms with Gasteiger partial charge in [0.1, 0.15) is 11.5 Å². The molecule has 2 aromatic rings. The van der Waals surface area contributed by atoms with E-state index in [9.17, 15) is 5.11 Å². The molecule has 2 rings (SSSR count). The molecule has 0 aliphatic carbocycles. The quantitative estimate of drug-likeness (QED) is 0.410. The lowest BCUT2D eigenvalue weighted by Crippen LogP contribution is -2.21. The van der Waals surface area contributed by atoms with Crippen LogP contribution in [0.5, 0.6) is 17.4 Å². The number of nitrogens with two attached hydrogens (primary N) is 1. The summed E-state index contributed by atoms with van der Waals surface area (Å²) in [6, 6.07) is 3.82. The molecule has 0 radical (unpaired) electrons. The van der Waals surface area contributed by atoms with Crippen molar-refractivity contribution in [3.05, 3.63) is 28.0 Å². The Morgan fingerprint density at radius 1 is 1.20 bits per heavy atom. The van der Waals surface area contributed by atoms with Crippen molar-refractivity contribution in [3.8, 4) is 17.4 Å². The van der Waals surface area contributed by atoms with Crippen LogP contribution < -0.4 is 20.5 Å². The molecule has 30 heavy (non-hydrogen) atoms. The number of anilines is 2. The van der Waals surface area contributed by atoms with Crippen molar-refractivity contribution in [3.63, 3.8) is 0 Å². The van der Waals surface area contributed by atoms with Crippen LogP contribution >= 0.6 is 15.9 Å². The van der Waals surface area contributed by atoms with Crippen molar-refractivity contribution < 1.29 is 14.6 Å². The van der Waals surface area contributed by atoms with Gasteiger partial charge in [-0.15, -0.1) is 0 Å². The van der Waals surface area contributed by atoms with Crippen molar-refractivity contribution in [2.24, 2.45) is 0 Å². The molecule has 0 saturated carbocycles. The molecule has 0 unspecified atom stereocenters. The van der Waals surface area contributed by atoms with E-state index < -0.39 is 5.60 Å². The number of methoxy groups -OCH3 is 1. The Hall–Kier alpha value is -2.06. The highest BCUT2D eigenvalue weighted by molar-refractivity contribution is 9.10. The zero-order valence-electron chi connectivity index (χ0n) is 18.7. The molecule has 0 aliphatic heterocycles. The Labute approximate surface area is 187 Å². The van der Waals surface area contributed by atoms with Gasteiger partial charge < -0.3 is 25.6 Å². The molecule has 166 valence electrons. The number of nitrogens with one attached hydrogen (secondary N) is 1. The van der Waals surface area contributed by atoms with Gasteiger partial charge in [-0.05, 0) is 67.2 Å². The van der Waals surface area contributed by atoms with E-state index in [1.807, 2.05) is 0 Å². The zero-order valence-corrected chi connectivity index (χ0v) is 20.3. The normalized spacial score (nSPS) is 11.6. The molecule has 4 N–H and O–H groups in total. The fourth-order valence-corrected chi connectivity index (χ4v) is 3.71. The van der Waals surface area contributed by atoms with Gasteiger partial charge in [0.25, 0.3) is 0 Å². The number of hydrogen-bond acceptors (Lipinski definition) is 7. The van der Waals surface area contributed by atoms with E-state index in [0.29, 0.717) is 38.9 Å². The summed E-state index contributed by atoms with van der Waals surface area (Å²) in [5.74, 6) is 2.28. The van der Waals surface area contributed by atoms with Crippen LogP contribution in [0.2, 0.25) is 0 Å². The highest BCUT2D eigenvalue weighted by atomic mass is 79.9. The summed E-state index contributed by atoms with van der Waals surface area (Å²) in [7, 11) is 1.55. The maximum absolute atomic E-state index is 10.3. The molecule has 0 spiro atoms. The molecule has 1 heterocycles. The smallest absolute Gasteiger partial charge is 0.248 e. The van der Waals surface area contributed by atoms with E-state index in [-0.39, 0.29) is 11.9 Å². The number of rotatable bonds is 10. The van der Waals surface area contributed by atoms with Gasteiger partial charge in [0, 0.05) is 6.04 Å². The standard InChI is InChI=1S/C22H33BrN4O3/c1-7-9-15(10-8-2)27-20-18(24)21(26-13(3)25-20)30-19-16(23)11-14(22(4,5)28)12-17(19)29-6/h11-12,15,28H,7-10,24H2,1-6H3,(H,25,26,27). The van der Waals surface area contributed by atoms with Crippen LogP contribution in [-0.4, -0.2) is 28.2 Å². The summed E-state index contributed by atoms with van der Waals surface area (Å²) in [4.78, 5) is 8.88. The first-order valence-corrected chi connectivity index (χ1v) is 11.1. The molecule has 0 amide bonds. The summed E-state index contributed by atoms with van der Waals surface area (Å²) in [5.41, 5.74) is 6.38. The Balaban J connectivity index is 2.43. The van der Waals surface area contributed by atoms with Gasteiger partial charge >= 0.3 is 0 Å². The highest BCUT2D eigenvalue weighted by Gasteiger charge is 2.23. The average Bonchev–Trinajstić information content (AvgIpc) is 2.66. The van der Waals surface area contributed by atoms with E-state index in [1.54, 1.807) is 40.0 Å². The molecular weight excluding hydrogens is 448 g/mol. The minimum Gasteiger partial charge on any atom is -0.493 e. The molecule has 0 fully saturated rings. The molecular formula is C22H33BrN4O3. The molecule has 0 bridgehead atoms. The van der Waals surface area contributed by atoms with Crippen LogP contribution in [0.15, 0.2) is 16.6 Å². The number of ether oxygens (including phenoxy) is 2. The number of nitrogen functional groups attached to an aromatic ring is 1. The van der Waals surface area contributed by atoms with Crippen molar-refractivity contribution >= 4 is 27.4 Å². The Bertz CT molecular complexity index is 862. The lowest BCUT2D eigenvalue weighted by Gasteiger charge is -2.22. The molecule has 8 heteroatoms. The van der Waals surface area contributed by atoms with E-state index in [1.165, 1.54) is 0 Å². The topological polar surface area (TPSA) is 103 Å². The molecule has 0 saturated heterocycles. The predicted octanol–water partition coefficient (Wildman–Crippen LogP) is 5.54. The third-order valence-corrected chi connectivity index (χ3v) is 5.36. The third kappa shape index (κ3) is 5.98. The molecule has 7 nitrogen and oxygen atoms in total. The number of nitrogens with zero attached hydrogens (tertiary/aromatic N) is 2. The van der Waals surface area contributed by atoms with E-state index >= 15 is 0 Å². The minimum atomic E-state index is -1.02. The van der Waals surface area contributed by atoms with Gasteiger partial charge in [-0.3, -0.25) is 0 Å². The summed E-state index contributed by atoms with van der Waals surface area (Å²) in [5, 5.41) is 13.8. The maximum Gasteiger partial charge on any atom is 0.248 e. The SMILES string of the molecule is CCCC(CCC)Nc1nc(C)nc(Oc2c(Br)cc(C(C)(C)O)cc2OC)c1N. The third-order valence-electron chi connectivity index (χ3n) is 4.77. The summed E-state index contributed by atoms with van der Waals surface area (Å²) >= 11 is 3.52. The van der Waals surface area contributed by atoms with Crippen LogP contribution in [-0.2, 0) is 5.60 Å². The van der Waals surface area contributed by atoms with Crippen LogP contribution in [0, 0.1) is 6.92 Å². The number of aromatic nitrogens is 2. The van der Waals surface area contributed by atoms with Gasteiger partial charge in [0.15, 0.2) is 17.3 Å². The summed E-state index contributed by atoms with van der Waals surface area (Å²) < 4.78 is 12.2. The second-order valence-corrected chi connectivity index (χ2v) is 8.76. The monoisotopic (exact) mass is 480 g/mol. The van der Waals surface area contributed by atoms with Gasteiger partial charge in [-0.2, -0.15) is 4.98 Å². The van der Waals surface area contributed by atoms with Crippen molar-refractivity contribution in [1.29, 1.82) is 0 Å². The lowest BCUT2D eigenvalue weighted by atomic mass is 9.98. The Morgan fingerprint density at radius 3 is 2.37 bits per heavy atom. The fourth-order valence-electron chi connectivity index (χ4n) is 3.19. The van der Waals surface area contributed by atoms with Crippen molar-refractivity contribution in [1.82, 2.24) is 9.97 Å². The number of hydrogen-bond donors (Lipinski definition) is 3. The largest absolute Gasteiger partial charge is 0.493 e. The first-order valence-electron chi connectivity index (χ1n) is 10.3. The molecule has 1 aromatic carbocycles. The van der Waals surface area contributed by atoms with Gasteiger partial charge in [-0.1, -0.05) is 26.7 Å². The summed E-state index contributed by atoms with van der Waals surface area (Å²) in [6.07, 6.45) is 4.21. The average molecular weight is 481 g/mol. The van der Waals surface area contributed by atoms with Crippen LogP contribution in [0.25, 0.3) is 0 Å². The van der Waals surface area contributed by atoms with Gasteiger partial charge in [0.05, 0.1) is 17.2 Å². The Kier molecular flexibility index (Phi) is 8.32. The molecule has 0 atom stereocenters. The number of aryl methyl sites for hydroxylation is 1. The summed E-state index contributed by atoms with van der Waals surface area (Å²) in [6.45, 7) is 9.54. The molecule has 1 aromatic heterocycles. The lowest BCUT2D eigenvalue weighted by molar-refractivity contribution is 0.0782. The van der Waals surface area contributed by atoms with Crippen LogP contribution in [0.4, 0.5) is 11.5 Å². The Morgan fingerprint density at radius 2 is 1.83 bits per heavy atom. The van der Waals surface area contributed by atoms with Crippen LogP contribution in [0.3, 0.4) is 0 Å². The second kappa shape index (κ2) is 10.3. The van der Waals surface area contributed by atoms with Crippen molar-refractivity contribution in [2.45, 2.75) is 71.9 Å². The van der Waals surface area contributed by atoms with E-state index in [4.69, 9.17) is 15.2 Å².